The zero-order valence-corrected chi connectivity index (χ0v) is 13.6. The number of hydrogen-bond acceptors (Lipinski definition) is 6. The van der Waals surface area contributed by atoms with Gasteiger partial charge in [0.2, 0.25) is 0 Å². The van der Waals surface area contributed by atoms with E-state index in [9.17, 15) is 8.42 Å². The molecule has 0 saturated heterocycles. The van der Waals surface area contributed by atoms with Gasteiger partial charge in [0.1, 0.15) is 9.90 Å². The van der Waals surface area contributed by atoms with Crippen LogP contribution in [0.25, 0.3) is 0 Å². The number of anilines is 2. The maximum absolute atomic E-state index is 12.4. The van der Waals surface area contributed by atoms with E-state index < -0.39 is 9.84 Å². The lowest BCUT2D eigenvalue weighted by molar-refractivity contribution is 0.595. The molecule has 1 aromatic rings. The Balaban J connectivity index is 1.67. The lowest BCUT2D eigenvalue weighted by Gasteiger charge is -2.13. The molecular weight excluding hydrogens is 306 g/mol. The van der Waals surface area contributed by atoms with E-state index in [-0.39, 0.29) is 16.0 Å². The summed E-state index contributed by atoms with van der Waals surface area (Å²) in [6.07, 6.45) is 9.64. The maximum atomic E-state index is 12.4. The molecule has 5 nitrogen and oxygen atoms in total. The normalized spacial score (nSPS) is 19.3. The first kappa shape index (κ1) is 14.8. The first-order valence-electron chi connectivity index (χ1n) is 7.50. The van der Waals surface area contributed by atoms with E-state index in [1.54, 1.807) is 0 Å². The Hall–Kier alpha value is -1.08. The van der Waals surface area contributed by atoms with Crippen LogP contribution in [0.5, 0.6) is 0 Å². The van der Waals surface area contributed by atoms with Gasteiger partial charge in [-0.25, -0.2) is 8.42 Å². The van der Waals surface area contributed by atoms with Crippen molar-refractivity contribution in [3.63, 3.8) is 0 Å². The molecule has 0 aliphatic heterocycles. The Morgan fingerprint density at radius 3 is 2.86 bits per heavy atom. The van der Waals surface area contributed by atoms with Crippen molar-refractivity contribution in [3.05, 3.63) is 11.6 Å². The summed E-state index contributed by atoms with van der Waals surface area (Å²) < 4.78 is 28.8. The number of nitrogens with two attached hydrogens (primary N) is 1. The molecule has 0 bridgehead atoms. The molecule has 0 aromatic carbocycles. The van der Waals surface area contributed by atoms with E-state index in [0.717, 1.165) is 37.3 Å². The Morgan fingerprint density at radius 1 is 1.38 bits per heavy atom. The summed E-state index contributed by atoms with van der Waals surface area (Å²) in [7, 11) is -3.29. The molecule has 0 amide bonds. The van der Waals surface area contributed by atoms with Crippen molar-refractivity contribution in [2.75, 3.05) is 17.6 Å². The van der Waals surface area contributed by atoms with E-state index in [4.69, 9.17) is 5.73 Å². The predicted octanol–water partition coefficient (Wildman–Crippen LogP) is 2.96. The van der Waals surface area contributed by atoms with Gasteiger partial charge in [0.05, 0.1) is 5.25 Å². The summed E-state index contributed by atoms with van der Waals surface area (Å²) in [4.78, 5) is 0.229. The molecule has 0 unspecified atom stereocenters. The molecular formula is C14H21N3O2S2. The zero-order valence-electron chi connectivity index (χ0n) is 12.0. The maximum Gasteiger partial charge on any atom is 0.187 e. The number of rotatable bonds is 6. The molecule has 2 aliphatic rings. The monoisotopic (exact) mass is 327 g/mol. The van der Waals surface area contributed by atoms with Crippen LogP contribution in [0.2, 0.25) is 0 Å². The largest absolute Gasteiger partial charge is 0.382 e. The highest BCUT2D eigenvalue weighted by Crippen LogP contribution is 2.41. The lowest BCUT2D eigenvalue weighted by atomic mass is 9.97. The Labute approximate surface area is 129 Å². The van der Waals surface area contributed by atoms with Crippen molar-refractivity contribution < 1.29 is 8.42 Å². The first-order valence-corrected chi connectivity index (χ1v) is 9.82. The molecule has 0 atom stereocenters. The molecule has 0 radical (unpaired) electrons. The fourth-order valence-electron chi connectivity index (χ4n) is 2.69. The van der Waals surface area contributed by atoms with E-state index in [0.29, 0.717) is 5.00 Å². The summed E-state index contributed by atoms with van der Waals surface area (Å²) >= 11 is 1.15. The smallest absolute Gasteiger partial charge is 0.187 e. The average Bonchev–Trinajstić information content (AvgIpc) is 3.25. The highest BCUT2D eigenvalue weighted by Gasteiger charge is 2.40. The van der Waals surface area contributed by atoms with E-state index in [1.807, 2.05) is 0 Å². The van der Waals surface area contributed by atoms with Gasteiger partial charge in [0, 0.05) is 6.54 Å². The third kappa shape index (κ3) is 3.23. The molecule has 116 valence electrons. The Kier molecular flexibility index (Phi) is 4.21. The third-order valence-electron chi connectivity index (χ3n) is 4.04. The number of aromatic nitrogens is 1. The van der Waals surface area contributed by atoms with Crippen LogP contribution in [0.1, 0.15) is 44.9 Å². The van der Waals surface area contributed by atoms with Gasteiger partial charge in [-0.2, -0.15) is 4.37 Å². The van der Waals surface area contributed by atoms with Crippen LogP contribution in [0.15, 0.2) is 16.5 Å². The second kappa shape index (κ2) is 5.96. The van der Waals surface area contributed by atoms with Gasteiger partial charge in [-0.15, -0.1) is 0 Å². The fourth-order valence-corrected chi connectivity index (χ4v) is 5.61. The average molecular weight is 327 g/mol. The number of sulfone groups is 1. The summed E-state index contributed by atoms with van der Waals surface area (Å²) in [5.41, 5.74) is 7.25. The van der Waals surface area contributed by atoms with Crippen molar-refractivity contribution in [2.45, 2.75) is 55.1 Å². The number of hydrogen-bond donors (Lipinski definition) is 2. The molecule has 3 rings (SSSR count). The van der Waals surface area contributed by atoms with Crippen LogP contribution < -0.4 is 11.1 Å². The summed E-state index contributed by atoms with van der Waals surface area (Å²) in [5.74, 6) is 0.145. The topological polar surface area (TPSA) is 85.1 Å². The molecule has 1 fully saturated rings. The lowest BCUT2D eigenvalue weighted by Crippen LogP contribution is -2.12. The van der Waals surface area contributed by atoms with Crippen LogP contribution in [-0.2, 0) is 9.84 Å². The van der Waals surface area contributed by atoms with Gasteiger partial charge in [-0.05, 0) is 56.5 Å². The number of nitrogens with zero attached hydrogens (tertiary/aromatic N) is 1. The highest BCUT2D eigenvalue weighted by molar-refractivity contribution is 7.92. The van der Waals surface area contributed by atoms with Crippen LogP contribution in [0.3, 0.4) is 0 Å². The Bertz CT molecular complexity index is 645. The van der Waals surface area contributed by atoms with Crippen molar-refractivity contribution in [1.82, 2.24) is 4.37 Å². The van der Waals surface area contributed by atoms with Crippen molar-refractivity contribution in [3.8, 4) is 0 Å². The van der Waals surface area contributed by atoms with Crippen molar-refractivity contribution in [2.24, 2.45) is 0 Å². The van der Waals surface area contributed by atoms with E-state index >= 15 is 0 Å². The minimum Gasteiger partial charge on any atom is -0.382 e. The molecule has 21 heavy (non-hydrogen) atoms. The van der Waals surface area contributed by atoms with Crippen LogP contribution in [-0.4, -0.2) is 24.6 Å². The second-order valence-electron chi connectivity index (χ2n) is 5.76. The molecule has 1 heterocycles. The van der Waals surface area contributed by atoms with Crippen LogP contribution in [0, 0.1) is 0 Å². The first-order chi connectivity index (χ1) is 10.1. The molecule has 1 aromatic heterocycles. The predicted molar refractivity (Wildman–Crippen MR) is 86.4 cm³/mol. The van der Waals surface area contributed by atoms with Gasteiger partial charge < -0.3 is 11.1 Å². The second-order valence-corrected chi connectivity index (χ2v) is 8.69. The van der Waals surface area contributed by atoms with Crippen LogP contribution >= 0.6 is 11.5 Å². The summed E-state index contributed by atoms with van der Waals surface area (Å²) in [6, 6.07) is 0. The van der Waals surface area contributed by atoms with Gasteiger partial charge in [0.15, 0.2) is 15.7 Å². The quantitative estimate of drug-likeness (QED) is 0.785. The summed E-state index contributed by atoms with van der Waals surface area (Å²) in [6.45, 7) is 0.737. The Morgan fingerprint density at radius 2 is 2.19 bits per heavy atom. The summed E-state index contributed by atoms with van der Waals surface area (Å²) in [5, 5.41) is 3.58. The minimum atomic E-state index is -3.29. The van der Waals surface area contributed by atoms with Gasteiger partial charge in [-0.3, -0.25) is 0 Å². The van der Waals surface area contributed by atoms with Crippen LogP contribution in [0.4, 0.5) is 10.8 Å². The van der Waals surface area contributed by atoms with Crippen molar-refractivity contribution >= 4 is 32.2 Å². The molecule has 3 N–H and O–H groups in total. The van der Waals surface area contributed by atoms with Crippen molar-refractivity contribution in [1.29, 1.82) is 0 Å². The van der Waals surface area contributed by atoms with E-state index in [1.165, 1.54) is 31.3 Å². The molecule has 0 spiro atoms. The SMILES string of the molecule is Nc1nsc(NCCC2=CCCCC2)c1S(=O)(=O)C1CC1. The van der Waals surface area contributed by atoms with Gasteiger partial charge in [0.25, 0.3) is 0 Å². The minimum absolute atomic E-state index is 0.145. The number of nitrogens with one attached hydrogen (secondary N) is 1. The van der Waals surface area contributed by atoms with Gasteiger partial charge in [-0.1, -0.05) is 11.6 Å². The standard InChI is InChI=1S/C14H21N3O2S2/c15-13-12(21(18,19)11-6-7-11)14(20-17-13)16-9-8-10-4-2-1-3-5-10/h4,11,16H,1-3,5-9H2,(H2,15,17). The zero-order chi connectivity index (χ0) is 14.9. The molecule has 2 aliphatic carbocycles. The molecule has 7 heteroatoms. The highest BCUT2D eigenvalue weighted by atomic mass is 32.2. The number of nitrogen functional groups attached to an aromatic ring is 1. The molecule has 1 saturated carbocycles. The fraction of sp³-hybridized carbons (Fsp3) is 0.643. The van der Waals surface area contributed by atoms with Gasteiger partial charge >= 0.3 is 0 Å². The van der Waals surface area contributed by atoms with E-state index in [2.05, 4.69) is 15.8 Å². The number of allylic oxidation sites excluding steroid dienone is 1. The third-order valence-corrected chi connectivity index (χ3v) is 7.32.